The number of nitrogens with one attached hydrogen (secondary N) is 1. The summed E-state index contributed by atoms with van der Waals surface area (Å²) in [6, 6.07) is 26.6. The van der Waals surface area contributed by atoms with Gasteiger partial charge in [0.25, 0.3) is 0 Å². The molecule has 2 aromatic heterocycles. The number of hydrogen-bond acceptors (Lipinski definition) is 9. The highest BCUT2D eigenvalue weighted by Gasteiger charge is 2.64. The van der Waals surface area contributed by atoms with E-state index in [2.05, 4.69) is 36.2 Å². The predicted molar refractivity (Wildman–Crippen MR) is 166 cm³/mol. The number of esters is 1. The standard InChI is InChI=1S/C32H27BrClN5O5/c33-23-13-7-10-21(14-23)15-35-27-24-28(38-31(34)37-27)39(19-36-24)29-25-26(41-16-20-8-3-1-4-9-20)32(44-29,17-42-25)18-43-30(40)22-11-5-2-6-12-22/h1-14,19,25-26,29H,15-18H2,(H,35,37,38)/t25-,26+,29-,32+/m1/s1. The highest BCUT2D eigenvalue weighted by molar-refractivity contribution is 9.10. The third-order valence-electron chi connectivity index (χ3n) is 7.72. The van der Waals surface area contributed by atoms with E-state index in [1.807, 2.05) is 60.7 Å². The summed E-state index contributed by atoms with van der Waals surface area (Å²) >= 11 is 9.90. The van der Waals surface area contributed by atoms with Crippen LogP contribution in [0.4, 0.5) is 5.82 Å². The first kappa shape index (κ1) is 28.9. The zero-order chi connectivity index (χ0) is 30.1. The van der Waals surface area contributed by atoms with Gasteiger partial charge in [-0.2, -0.15) is 9.97 Å². The zero-order valence-electron chi connectivity index (χ0n) is 23.3. The zero-order valence-corrected chi connectivity index (χ0v) is 25.6. The number of imidazole rings is 1. The molecule has 5 aromatic rings. The molecule has 2 bridgehead atoms. The fraction of sp³-hybridized carbons (Fsp3) is 0.250. The van der Waals surface area contributed by atoms with Gasteiger partial charge >= 0.3 is 5.97 Å². The minimum Gasteiger partial charge on any atom is -0.459 e. The van der Waals surface area contributed by atoms with E-state index in [1.54, 1.807) is 35.2 Å². The van der Waals surface area contributed by atoms with E-state index < -0.39 is 30.0 Å². The van der Waals surface area contributed by atoms with Crippen LogP contribution in [-0.2, 0) is 32.1 Å². The Morgan fingerprint density at radius 2 is 1.82 bits per heavy atom. The summed E-state index contributed by atoms with van der Waals surface area (Å²) in [6.07, 6.45) is -0.112. The summed E-state index contributed by atoms with van der Waals surface area (Å²) in [5, 5.41) is 3.39. The lowest BCUT2D eigenvalue weighted by Gasteiger charge is -2.31. The monoisotopic (exact) mass is 675 g/mol. The molecular formula is C32H27BrClN5O5. The molecule has 2 aliphatic rings. The van der Waals surface area contributed by atoms with Gasteiger partial charge < -0.3 is 24.3 Å². The maximum atomic E-state index is 12.9. The number of aromatic nitrogens is 4. The van der Waals surface area contributed by atoms with Crippen molar-refractivity contribution < 1.29 is 23.7 Å². The molecule has 4 atom stereocenters. The van der Waals surface area contributed by atoms with Gasteiger partial charge in [-0.1, -0.05) is 76.6 Å². The number of benzene rings is 3. The third kappa shape index (κ3) is 5.69. The number of ether oxygens (including phenoxy) is 4. The van der Waals surface area contributed by atoms with E-state index in [-0.39, 0.29) is 18.5 Å². The Morgan fingerprint density at radius 3 is 2.61 bits per heavy atom. The second kappa shape index (κ2) is 12.3. The number of carbonyl (C=O) groups is 1. The molecule has 224 valence electrons. The van der Waals surface area contributed by atoms with E-state index in [0.717, 1.165) is 15.6 Å². The van der Waals surface area contributed by atoms with Crippen LogP contribution in [0.1, 0.15) is 27.7 Å². The SMILES string of the molecule is O=C(OC[C@]12CO[C@@H]([C@H](n3cnc4c(NCc5cccc(Br)c5)nc(Cl)nc43)O1)[C@@H]2OCc1ccccc1)c1ccccc1. The average molecular weight is 677 g/mol. The second-order valence-electron chi connectivity index (χ2n) is 10.7. The molecule has 0 spiro atoms. The fourth-order valence-corrected chi connectivity index (χ4v) is 6.22. The molecule has 0 saturated carbocycles. The average Bonchev–Trinajstić information content (AvgIpc) is 3.72. The van der Waals surface area contributed by atoms with Gasteiger partial charge in [0.15, 0.2) is 28.8 Å². The molecule has 0 radical (unpaired) electrons. The number of rotatable bonds is 10. The number of halogens is 2. The maximum absolute atomic E-state index is 12.9. The normalized spacial score (nSPS) is 22.4. The van der Waals surface area contributed by atoms with Crippen LogP contribution in [0.3, 0.4) is 0 Å². The molecule has 2 aliphatic heterocycles. The molecule has 0 aliphatic carbocycles. The van der Waals surface area contributed by atoms with Crippen LogP contribution in [-0.4, -0.2) is 56.5 Å². The number of nitrogens with zero attached hydrogens (tertiary/aromatic N) is 4. The van der Waals surface area contributed by atoms with E-state index in [9.17, 15) is 4.79 Å². The highest BCUT2D eigenvalue weighted by atomic mass is 79.9. The van der Waals surface area contributed by atoms with E-state index in [4.69, 9.17) is 30.5 Å². The molecule has 0 amide bonds. The van der Waals surface area contributed by atoms with Crippen LogP contribution in [0, 0.1) is 0 Å². The molecule has 4 heterocycles. The minimum atomic E-state index is -1.05. The highest BCUT2D eigenvalue weighted by Crippen LogP contribution is 2.48. The number of anilines is 1. The molecule has 1 N–H and O–H groups in total. The second-order valence-corrected chi connectivity index (χ2v) is 11.9. The molecule has 3 aromatic carbocycles. The van der Waals surface area contributed by atoms with Crippen LogP contribution in [0.15, 0.2) is 95.7 Å². The Labute approximate surface area is 266 Å². The number of hydrogen-bond donors (Lipinski definition) is 1. The summed E-state index contributed by atoms with van der Waals surface area (Å²) in [5.41, 5.74) is 2.45. The van der Waals surface area contributed by atoms with Crippen LogP contribution in [0.25, 0.3) is 11.2 Å². The first-order valence-corrected chi connectivity index (χ1v) is 15.2. The van der Waals surface area contributed by atoms with Crippen molar-refractivity contribution >= 4 is 50.5 Å². The van der Waals surface area contributed by atoms with Gasteiger partial charge in [0, 0.05) is 11.0 Å². The van der Waals surface area contributed by atoms with Gasteiger partial charge in [0.05, 0.1) is 25.1 Å². The Hall–Kier alpha value is -3.87. The Bertz CT molecular complexity index is 1790. The summed E-state index contributed by atoms with van der Waals surface area (Å²) < 4.78 is 27.9. The Kier molecular flexibility index (Phi) is 8.04. The molecule has 7 rings (SSSR count). The summed E-state index contributed by atoms with van der Waals surface area (Å²) in [5.74, 6) is 0.0391. The van der Waals surface area contributed by atoms with Crippen molar-refractivity contribution in [1.29, 1.82) is 0 Å². The molecular weight excluding hydrogens is 650 g/mol. The topological polar surface area (TPSA) is 110 Å². The van der Waals surface area contributed by atoms with Crippen LogP contribution in [0.2, 0.25) is 5.28 Å². The number of fused-ring (bicyclic) bond motifs is 3. The summed E-state index contributed by atoms with van der Waals surface area (Å²) in [6.45, 7) is 0.969. The quantitative estimate of drug-likeness (QED) is 0.142. The van der Waals surface area contributed by atoms with Crippen molar-refractivity contribution in [3.8, 4) is 0 Å². The van der Waals surface area contributed by atoms with E-state index in [0.29, 0.717) is 35.7 Å². The molecule has 44 heavy (non-hydrogen) atoms. The van der Waals surface area contributed by atoms with Gasteiger partial charge in [-0.15, -0.1) is 0 Å². The minimum absolute atomic E-state index is 0.0587. The Morgan fingerprint density at radius 1 is 1.05 bits per heavy atom. The van der Waals surface area contributed by atoms with Crippen molar-refractivity contribution in [3.05, 3.63) is 118 Å². The molecule has 2 saturated heterocycles. The van der Waals surface area contributed by atoms with E-state index in [1.165, 1.54) is 0 Å². The largest absolute Gasteiger partial charge is 0.459 e. The van der Waals surface area contributed by atoms with Crippen molar-refractivity contribution in [2.75, 3.05) is 18.5 Å². The van der Waals surface area contributed by atoms with Gasteiger partial charge in [-0.05, 0) is 47.0 Å². The van der Waals surface area contributed by atoms with Crippen molar-refractivity contribution in [2.45, 2.75) is 37.2 Å². The first-order valence-electron chi connectivity index (χ1n) is 14.0. The van der Waals surface area contributed by atoms with Gasteiger partial charge in [0.1, 0.15) is 18.8 Å². The molecule has 0 unspecified atom stereocenters. The summed E-state index contributed by atoms with van der Waals surface area (Å²) in [4.78, 5) is 26.4. The smallest absolute Gasteiger partial charge is 0.338 e. The first-order chi connectivity index (χ1) is 21.5. The Balaban J connectivity index is 1.17. The molecule has 12 heteroatoms. The fourth-order valence-electron chi connectivity index (χ4n) is 5.60. The van der Waals surface area contributed by atoms with Gasteiger partial charge in [-0.25, -0.2) is 9.78 Å². The predicted octanol–water partition coefficient (Wildman–Crippen LogP) is 5.96. The van der Waals surface area contributed by atoms with E-state index >= 15 is 0 Å². The summed E-state index contributed by atoms with van der Waals surface area (Å²) in [7, 11) is 0. The molecule has 2 fully saturated rings. The van der Waals surface area contributed by atoms with Crippen molar-refractivity contribution in [1.82, 2.24) is 19.5 Å². The third-order valence-corrected chi connectivity index (χ3v) is 8.38. The molecule has 10 nitrogen and oxygen atoms in total. The lowest BCUT2D eigenvalue weighted by molar-refractivity contribution is -0.187. The number of carbonyl (C=O) groups excluding carboxylic acids is 1. The van der Waals surface area contributed by atoms with Gasteiger partial charge in [-0.3, -0.25) is 4.57 Å². The van der Waals surface area contributed by atoms with Gasteiger partial charge in [0.2, 0.25) is 5.28 Å². The lowest BCUT2D eigenvalue weighted by atomic mass is 10.00. The van der Waals surface area contributed by atoms with Crippen LogP contribution < -0.4 is 5.32 Å². The van der Waals surface area contributed by atoms with Crippen LogP contribution >= 0.6 is 27.5 Å². The maximum Gasteiger partial charge on any atom is 0.338 e. The van der Waals surface area contributed by atoms with Crippen molar-refractivity contribution in [3.63, 3.8) is 0 Å². The van der Waals surface area contributed by atoms with Crippen molar-refractivity contribution in [2.24, 2.45) is 0 Å². The van der Waals surface area contributed by atoms with Crippen LogP contribution in [0.5, 0.6) is 0 Å². The lowest BCUT2D eigenvalue weighted by Crippen LogP contribution is -2.46.